The number of amides is 1. The molecule has 1 amide bonds. The van der Waals surface area contributed by atoms with Crippen LogP contribution in [0.3, 0.4) is 0 Å². The average molecular weight is 308 g/mol. The molecule has 114 valence electrons. The highest BCUT2D eigenvalue weighted by molar-refractivity contribution is 7.99. The number of carbonyl (C=O) groups is 2. The second kappa shape index (κ2) is 9.20. The van der Waals surface area contributed by atoms with Gasteiger partial charge in [0.05, 0.1) is 6.04 Å². The van der Waals surface area contributed by atoms with Gasteiger partial charge in [-0.05, 0) is 5.56 Å². The fourth-order valence-electron chi connectivity index (χ4n) is 1.68. The van der Waals surface area contributed by atoms with Crippen LogP contribution < -0.4 is 11.1 Å². The number of thioether (sulfide) groups is 1. The van der Waals surface area contributed by atoms with Crippen LogP contribution in [0, 0.1) is 0 Å². The summed E-state index contributed by atoms with van der Waals surface area (Å²) in [6.07, 6.45) is 1.96. The molecule has 1 aromatic carbocycles. The lowest BCUT2D eigenvalue weighted by Crippen LogP contribution is -2.50. The minimum Gasteiger partial charge on any atom is -0.480 e. The molecular weight excluding hydrogens is 288 g/mol. The van der Waals surface area contributed by atoms with E-state index < -0.39 is 24.0 Å². The third-order valence-electron chi connectivity index (χ3n) is 2.77. The van der Waals surface area contributed by atoms with E-state index in [0.717, 1.165) is 5.56 Å². The molecule has 0 bridgehead atoms. The predicted molar refractivity (Wildman–Crippen MR) is 85.2 cm³/mol. The molecule has 21 heavy (non-hydrogen) atoms. The monoisotopic (exact) mass is 308 g/mol. The molecule has 6 heteroatoms. The van der Waals surface area contributed by atoms with E-state index in [0.29, 0.717) is 11.5 Å². The molecule has 4 N–H and O–H groups in total. The first-order valence-electron chi connectivity index (χ1n) is 6.56. The number of hydrogen-bond donors (Lipinski definition) is 3. The Morgan fingerprint density at radius 1 is 1.38 bits per heavy atom. The number of nitrogens with one attached hydrogen (secondary N) is 1. The summed E-state index contributed by atoms with van der Waals surface area (Å²) in [4.78, 5) is 23.2. The molecule has 0 saturated heterocycles. The van der Waals surface area contributed by atoms with E-state index in [1.807, 2.05) is 30.3 Å². The Kier molecular flexibility index (Phi) is 7.56. The number of nitrogens with two attached hydrogens (primary N) is 1. The summed E-state index contributed by atoms with van der Waals surface area (Å²) in [7, 11) is 0. The molecule has 2 atom stereocenters. The van der Waals surface area contributed by atoms with Gasteiger partial charge in [0.2, 0.25) is 5.91 Å². The van der Waals surface area contributed by atoms with E-state index in [1.165, 1.54) is 11.8 Å². The van der Waals surface area contributed by atoms with Crippen LogP contribution in [0.5, 0.6) is 0 Å². The van der Waals surface area contributed by atoms with Crippen molar-refractivity contribution in [1.82, 2.24) is 5.32 Å². The molecule has 0 spiro atoms. The molecular formula is C15H20N2O3S. The molecule has 0 aliphatic rings. The Bertz CT molecular complexity index is 479. The van der Waals surface area contributed by atoms with Gasteiger partial charge in [0.1, 0.15) is 6.04 Å². The number of carbonyl (C=O) groups excluding carboxylic acids is 1. The number of hydrogen-bond acceptors (Lipinski definition) is 4. The molecule has 1 aromatic rings. The lowest BCUT2D eigenvalue weighted by atomic mass is 10.1. The van der Waals surface area contributed by atoms with Crippen molar-refractivity contribution in [3.8, 4) is 0 Å². The fraction of sp³-hybridized carbons (Fsp3) is 0.333. The summed E-state index contributed by atoms with van der Waals surface area (Å²) in [5.41, 5.74) is 6.59. The van der Waals surface area contributed by atoms with Gasteiger partial charge in [-0.2, -0.15) is 11.8 Å². The SMILES string of the molecule is C=CCSCC(N)C(=O)N[C@@H](Cc1ccccc1)C(=O)O. The number of rotatable bonds is 9. The van der Waals surface area contributed by atoms with Gasteiger partial charge in [0.25, 0.3) is 0 Å². The van der Waals surface area contributed by atoms with Crippen LogP contribution in [0.1, 0.15) is 5.56 Å². The first-order chi connectivity index (χ1) is 10.0. The minimum atomic E-state index is -1.07. The van der Waals surface area contributed by atoms with Crippen LogP contribution in [0.4, 0.5) is 0 Å². The molecule has 0 heterocycles. The number of benzene rings is 1. The highest BCUT2D eigenvalue weighted by atomic mass is 32.2. The smallest absolute Gasteiger partial charge is 0.326 e. The maximum absolute atomic E-state index is 11.9. The molecule has 0 aliphatic heterocycles. The Balaban J connectivity index is 2.55. The summed E-state index contributed by atoms with van der Waals surface area (Å²) in [6, 6.07) is 7.44. The van der Waals surface area contributed by atoms with Crippen LogP contribution in [-0.2, 0) is 16.0 Å². The quantitative estimate of drug-likeness (QED) is 0.468. The van der Waals surface area contributed by atoms with Crippen molar-refractivity contribution in [3.05, 3.63) is 48.6 Å². The van der Waals surface area contributed by atoms with Crippen molar-refractivity contribution in [1.29, 1.82) is 0 Å². The Morgan fingerprint density at radius 3 is 2.62 bits per heavy atom. The van der Waals surface area contributed by atoms with Crippen LogP contribution in [0.2, 0.25) is 0 Å². The second-order valence-electron chi connectivity index (χ2n) is 4.52. The van der Waals surface area contributed by atoms with Gasteiger partial charge in [-0.15, -0.1) is 6.58 Å². The van der Waals surface area contributed by atoms with Crippen LogP contribution in [0.15, 0.2) is 43.0 Å². The van der Waals surface area contributed by atoms with Crippen molar-refractivity contribution in [3.63, 3.8) is 0 Å². The van der Waals surface area contributed by atoms with Crippen LogP contribution in [-0.4, -0.2) is 40.6 Å². The first kappa shape index (κ1) is 17.3. The van der Waals surface area contributed by atoms with Crippen molar-refractivity contribution in [2.45, 2.75) is 18.5 Å². The topological polar surface area (TPSA) is 92.4 Å². The average Bonchev–Trinajstić information content (AvgIpc) is 2.47. The van der Waals surface area contributed by atoms with Crippen molar-refractivity contribution in [2.75, 3.05) is 11.5 Å². The van der Waals surface area contributed by atoms with Gasteiger partial charge in [0.15, 0.2) is 0 Å². The highest BCUT2D eigenvalue weighted by Gasteiger charge is 2.23. The zero-order valence-electron chi connectivity index (χ0n) is 11.7. The number of carboxylic acids is 1. The van der Waals surface area contributed by atoms with Crippen molar-refractivity contribution in [2.24, 2.45) is 5.73 Å². The van der Waals surface area contributed by atoms with E-state index in [-0.39, 0.29) is 6.42 Å². The van der Waals surface area contributed by atoms with Gasteiger partial charge in [-0.25, -0.2) is 4.79 Å². The Morgan fingerprint density at radius 2 is 2.05 bits per heavy atom. The molecule has 0 aromatic heterocycles. The maximum Gasteiger partial charge on any atom is 0.326 e. The fourth-order valence-corrected chi connectivity index (χ4v) is 2.39. The zero-order chi connectivity index (χ0) is 15.7. The molecule has 0 radical (unpaired) electrons. The van der Waals surface area contributed by atoms with Gasteiger partial charge in [-0.3, -0.25) is 4.79 Å². The van der Waals surface area contributed by atoms with E-state index in [4.69, 9.17) is 5.73 Å². The van der Waals surface area contributed by atoms with E-state index >= 15 is 0 Å². The van der Waals surface area contributed by atoms with Crippen LogP contribution >= 0.6 is 11.8 Å². The van der Waals surface area contributed by atoms with Crippen molar-refractivity contribution >= 4 is 23.6 Å². The zero-order valence-corrected chi connectivity index (χ0v) is 12.5. The second-order valence-corrected chi connectivity index (χ2v) is 5.60. The molecule has 0 aliphatic carbocycles. The minimum absolute atomic E-state index is 0.231. The third-order valence-corrected chi connectivity index (χ3v) is 3.83. The maximum atomic E-state index is 11.9. The summed E-state index contributed by atoms with van der Waals surface area (Å²) in [5.74, 6) is -0.392. The Labute approximate surface area is 128 Å². The highest BCUT2D eigenvalue weighted by Crippen LogP contribution is 2.05. The van der Waals surface area contributed by atoms with E-state index in [2.05, 4.69) is 11.9 Å². The first-order valence-corrected chi connectivity index (χ1v) is 7.71. The standard InChI is InChI=1S/C15H20N2O3S/c1-2-8-21-10-12(16)14(18)17-13(15(19)20)9-11-6-4-3-5-7-11/h2-7,12-13H,1,8-10,16H2,(H,17,18)(H,19,20)/t12?,13-/m0/s1. The summed E-state index contributed by atoms with van der Waals surface area (Å²) in [5, 5.41) is 11.7. The molecule has 0 saturated carbocycles. The van der Waals surface area contributed by atoms with E-state index in [9.17, 15) is 14.7 Å². The number of carboxylic acid groups (broad SMARTS) is 1. The molecule has 0 fully saturated rings. The van der Waals surface area contributed by atoms with Crippen molar-refractivity contribution < 1.29 is 14.7 Å². The van der Waals surface area contributed by atoms with Gasteiger partial charge >= 0.3 is 5.97 Å². The summed E-state index contributed by atoms with van der Waals surface area (Å²) in [6.45, 7) is 3.58. The van der Waals surface area contributed by atoms with Crippen LogP contribution in [0.25, 0.3) is 0 Å². The Hall–Kier alpha value is -1.79. The molecule has 5 nitrogen and oxygen atoms in total. The van der Waals surface area contributed by atoms with Gasteiger partial charge in [0, 0.05) is 17.9 Å². The summed E-state index contributed by atoms with van der Waals surface area (Å²) < 4.78 is 0. The van der Waals surface area contributed by atoms with Gasteiger partial charge in [-0.1, -0.05) is 36.4 Å². The molecule has 1 rings (SSSR count). The largest absolute Gasteiger partial charge is 0.480 e. The third kappa shape index (κ3) is 6.46. The normalized spacial score (nSPS) is 13.2. The number of aliphatic carboxylic acids is 1. The lowest BCUT2D eigenvalue weighted by Gasteiger charge is -2.17. The molecule has 1 unspecified atom stereocenters. The summed E-state index contributed by atoms with van der Waals surface area (Å²) >= 11 is 1.48. The lowest BCUT2D eigenvalue weighted by molar-refractivity contribution is -0.141. The van der Waals surface area contributed by atoms with Gasteiger partial charge < -0.3 is 16.2 Å². The van der Waals surface area contributed by atoms with E-state index in [1.54, 1.807) is 6.08 Å². The predicted octanol–water partition coefficient (Wildman–Crippen LogP) is 1.04.